The molecule has 7 heteroatoms. The number of anilines is 1. The Morgan fingerprint density at radius 2 is 2.00 bits per heavy atom. The molecule has 2 fully saturated rings. The van der Waals surface area contributed by atoms with Gasteiger partial charge in [-0.3, -0.25) is 4.99 Å². The third kappa shape index (κ3) is 6.49. The maximum atomic E-state index is 10.6. The molecule has 3 N–H and O–H groups in total. The Balaban J connectivity index is 0.00000280. The molecule has 2 heterocycles. The van der Waals surface area contributed by atoms with E-state index in [-0.39, 0.29) is 30.0 Å². The van der Waals surface area contributed by atoms with Crippen LogP contribution in [0, 0.1) is 0 Å². The number of hydrogen-bond acceptors (Lipinski definition) is 4. The standard InChI is InChI=1S/C21H34N4O2.HI/c1-3-22-20(23-16-21(26)9-13-27-14-10-21)24-17(2)18-7-6-8-19(15-18)25-11-4-5-12-25;/h6-8,15,17,26H,3-5,9-14,16H2,1-2H3,(H2,22,23,24);1H. The van der Waals surface area contributed by atoms with Gasteiger partial charge in [0.05, 0.1) is 18.2 Å². The predicted octanol–water partition coefficient (Wildman–Crippen LogP) is 3.06. The smallest absolute Gasteiger partial charge is 0.191 e. The molecule has 0 saturated carbocycles. The van der Waals surface area contributed by atoms with Crippen molar-refractivity contribution in [1.82, 2.24) is 10.6 Å². The number of benzene rings is 1. The van der Waals surface area contributed by atoms with Gasteiger partial charge in [0, 0.05) is 51.4 Å². The van der Waals surface area contributed by atoms with E-state index in [2.05, 4.69) is 58.6 Å². The van der Waals surface area contributed by atoms with Crippen LogP contribution in [-0.4, -0.2) is 56.1 Å². The van der Waals surface area contributed by atoms with Crippen LogP contribution in [0.1, 0.15) is 51.1 Å². The molecule has 2 aliphatic rings. The van der Waals surface area contributed by atoms with Crippen molar-refractivity contribution in [3.05, 3.63) is 29.8 Å². The van der Waals surface area contributed by atoms with Crippen molar-refractivity contribution in [2.24, 2.45) is 4.99 Å². The first-order valence-corrected chi connectivity index (χ1v) is 10.3. The number of nitrogens with zero attached hydrogens (tertiary/aromatic N) is 2. The number of nitrogens with one attached hydrogen (secondary N) is 2. The first kappa shape index (κ1) is 23.2. The van der Waals surface area contributed by atoms with Gasteiger partial charge in [0.2, 0.25) is 0 Å². The molecule has 0 aromatic heterocycles. The van der Waals surface area contributed by atoms with Crippen LogP contribution in [0.15, 0.2) is 29.3 Å². The van der Waals surface area contributed by atoms with Crippen molar-refractivity contribution in [2.75, 3.05) is 44.3 Å². The van der Waals surface area contributed by atoms with Gasteiger partial charge in [0.1, 0.15) is 0 Å². The molecule has 0 bridgehead atoms. The molecule has 2 aliphatic heterocycles. The van der Waals surface area contributed by atoms with Crippen molar-refractivity contribution in [3.63, 3.8) is 0 Å². The maximum Gasteiger partial charge on any atom is 0.191 e. The number of guanidine groups is 1. The number of ether oxygens (including phenoxy) is 1. The molecule has 28 heavy (non-hydrogen) atoms. The first-order chi connectivity index (χ1) is 13.1. The van der Waals surface area contributed by atoms with Crippen LogP contribution in [0.4, 0.5) is 5.69 Å². The maximum absolute atomic E-state index is 10.6. The number of rotatable bonds is 6. The lowest BCUT2D eigenvalue weighted by Crippen LogP contribution is -2.43. The first-order valence-electron chi connectivity index (χ1n) is 10.3. The van der Waals surface area contributed by atoms with Gasteiger partial charge in [-0.1, -0.05) is 12.1 Å². The second-order valence-corrected chi connectivity index (χ2v) is 7.69. The highest BCUT2D eigenvalue weighted by Gasteiger charge is 2.29. The largest absolute Gasteiger partial charge is 0.388 e. The predicted molar refractivity (Wildman–Crippen MR) is 126 cm³/mol. The lowest BCUT2D eigenvalue weighted by Gasteiger charge is -2.31. The third-order valence-electron chi connectivity index (χ3n) is 5.49. The van der Waals surface area contributed by atoms with E-state index in [0.29, 0.717) is 32.6 Å². The van der Waals surface area contributed by atoms with E-state index < -0.39 is 5.60 Å². The summed E-state index contributed by atoms with van der Waals surface area (Å²) >= 11 is 0. The van der Waals surface area contributed by atoms with E-state index in [9.17, 15) is 5.11 Å². The van der Waals surface area contributed by atoms with Crippen LogP contribution in [-0.2, 0) is 4.74 Å². The van der Waals surface area contributed by atoms with E-state index >= 15 is 0 Å². The average Bonchev–Trinajstić information content (AvgIpc) is 3.22. The molecule has 0 spiro atoms. The van der Waals surface area contributed by atoms with Crippen LogP contribution in [0.5, 0.6) is 0 Å². The fraction of sp³-hybridized carbons (Fsp3) is 0.667. The van der Waals surface area contributed by atoms with Crippen LogP contribution in [0.2, 0.25) is 0 Å². The summed E-state index contributed by atoms with van der Waals surface area (Å²) in [6.07, 6.45) is 3.85. The number of hydrogen-bond donors (Lipinski definition) is 3. The van der Waals surface area contributed by atoms with Crippen molar-refractivity contribution in [3.8, 4) is 0 Å². The molecule has 2 saturated heterocycles. The van der Waals surface area contributed by atoms with Gasteiger partial charge in [-0.05, 0) is 44.4 Å². The Morgan fingerprint density at radius 1 is 1.29 bits per heavy atom. The number of aliphatic imine (C=N–C) groups is 1. The van der Waals surface area contributed by atoms with Crippen LogP contribution in [0.3, 0.4) is 0 Å². The SMILES string of the molecule is CCNC(=NCC1(O)CCOCC1)NC(C)c1cccc(N2CCCC2)c1.I. The molecule has 1 aromatic carbocycles. The average molecular weight is 502 g/mol. The summed E-state index contributed by atoms with van der Waals surface area (Å²) in [6.45, 7) is 8.90. The molecular formula is C21H35IN4O2. The van der Waals surface area contributed by atoms with Crippen LogP contribution < -0.4 is 15.5 Å². The highest BCUT2D eigenvalue weighted by molar-refractivity contribution is 14.0. The van der Waals surface area contributed by atoms with Gasteiger partial charge in [0.25, 0.3) is 0 Å². The van der Waals surface area contributed by atoms with Crippen molar-refractivity contribution in [1.29, 1.82) is 0 Å². The lowest BCUT2D eigenvalue weighted by atomic mass is 9.95. The summed E-state index contributed by atoms with van der Waals surface area (Å²) in [5.41, 5.74) is 1.80. The topological polar surface area (TPSA) is 69.1 Å². The Morgan fingerprint density at radius 3 is 2.68 bits per heavy atom. The number of aliphatic hydroxyl groups is 1. The minimum Gasteiger partial charge on any atom is -0.388 e. The molecule has 6 nitrogen and oxygen atoms in total. The molecule has 1 unspecified atom stereocenters. The van der Waals surface area contributed by atoms with E-state index in [0.717, 1.165) is 25.6 Å². The van der Waals surface area contributed by atoms with E-state index in [1.807, 2.05) is 0 Å². The van der Waals surface area contributed by atoms with Gasteiger partial charge < -0.3 is 25.4 Å². The quantitative estimate of drug-likeness (QED) is 0.317. The molecule has 0 aliphatic carbocycles. The van der Waals surface area contributed by atoms with Crippen LogP contribution in [0.25, 0.3) is 0 Å². The highest BCUT2D eigenvalue weighted by atomic mass is 127. The zero-order valence-electron chi connectivity index (χ0n) is 17.1. The van der Waals surface area contributed by atoms with Gasteiger partial charge in [0.15, 0.2) is 5.96 Å². The Kier molecular flexibility index (Phi) is 9.30. The van der Waals surface area contributed by atoms with Crippen molar-refractivity contribution < 1.29 is 9.84 Å². The molecule has 1 aromatic rings. The normalized spacial score (nSPS) is 20.4. The Labute approximate surface area is 186 Å². The molecular weight excluding hydrogens is 467 g/mol. The van der Waals surface area contributed by atoms with E-state index in [1.165, 1.54) is 24.1 Å². The van der Waals surface area contributed by atoms with Crippen molar-refractivity contribution in [2.45, 2.75) is 51.2 Å². The molecule has 1 atom stereocenters. The van der Waals surface area contributed by atoms with Crippen molar-refractivity contribution >= 4 is 35.6 Å². The second kappa shape index (κ2) is 11.2. The summed E-state index contributed by atoms with van der Waals surface area (Å²) in [4.78, 5) is 7.11. The fourth-order valence-corrected chi connectivity index (χ4v) is 3.71. The summed E-state index contributed by atoms with van der Waals surface area (Å²) in [5.74, 6) is 0.747. The highest BCUT2D eigenvalue weighted by Crippen LogP contribution is 2.24. The van der Waals surface area contributed by atoms with Gasteiger partial charge in [-0.2, -0.15) is 0 Å². The van der Waals surface area contributed by atoms with Gasteiger partial charge >= 0.3 is 0 Å². The van der Waals surface area contributed by atoms with E-state index in [1.54, 1.807) is 0 Å². The van der Waals surface area contributed by atoms with Gasteiger partial charge in [-0.25, -0.2) is 0 Å². The fourth-order valence-electron chi connectivity index (χ4n) is 3.71. The molecule has 3 rings (SSSR count). The zero-order valence-corrected chi connectivity index (χ0v) is 19.4. The van der Waals surface area contributed by atoms with E-state index in [4.69, 9.17) is 4.74 Å². The Bertz CT molecular complexity index is 629. The minimum absolute atomic E-state index is 0. The third-order valence-corrected chi connectivity index (χ3v) is 5.49. The molecule has 0 amide bonds. The summed E-state index contributed by atoms with van der Waals surface area (Å²) in [6, 6.07) is 8.90. The molecule has 0 radical (unpaired) electrons. The summed E-state index contributed by atoms with van der Waals surface area (Å²) in [7, 11) is 0. The lowest BCUT2D eigenvalue weighted by molar-refractivity contribution is -0.0566. The molecule has 158 valence electrons. The summed E-state index contributed by atoms with van der Waals surface area (Å²) in [5, 5.41) is 17.4. The van der Waals surface area contributed by atoms with Crippen LogP contribution >= 0.6 is 24.0 Å². The monoisotopic (exact) mass is 502 g/mol. The second-order valence-electron chi connectivity index (χ2n) is 7.69. The van der Waals surface area contributed by atoms with Gasteiger partial charge in [-0.15, -0.1) is 24.0 Å². The number of halogens is 1. The Hall–Kier alpha value is -1.06. The summed E-state index contributed by atoms with van der Waals surface area (Å²) < 4.78 is 5.35. The minimum atomic E-state index is -0.750. The zero-order chi connectivity index (χ0) is 19.1.